The summed E-state index contributed by atoms with van der Waals surface area (Å²) in [5.74, 6) is -1.02. The van der Waals surface area contributed by atoms with Crippen LogP contribution in [-0.2, 0) is 14.4 Å². The van der Waals surface area contributed by atoms with E-state index in [-0.39, 0.29) is 5.57 Å². The summed E-state index contributed by atoms with van der Waals surface area (Å²) >= 11 is 0. The van der Waals surface area contributed by atoms with Crippen molar-refractivity contribution in [1.82, 2.24) is 5.43 Å². The number of para-hydroxylation sites is 1. The third-order valence-corrected chi connectivity index (χ3v) is 3.34. The topological polar surface area (TPSA) is 75.7 Å². The molecule has 1 aliphatic rings. The van der Waals surface area contributed by atoms with E-state index in [1.54, 1.807) is 48.5 Å². The molecule has 0 aliphatic carbocycles. The molecule has 1 saturated heterocycles. The van der Waals surface area contributed by atoms with Gasteiger partial charge < -0.3 is 4.74 Å². The average molecular weight is 322 g/mol. The van der Waals surface area contributed by atoms with Crippen molar-refractivity contribution in [2.75, 3.05) is 5.01 Å². The van der Waals surface area contributed by atoms with Crippen LogP contribution >= 0.6 is 0 Å². The van der Waals surface area contributed by atoms with Crippen LogP contribution in [0.1, 0.15) is 12.5 Å². The number of anilines is 1. The van der Waals surface area contributed by atoms with Gasteiger partial charge in [0.15, 0.2) is 0 Å². The Labute approximate surface area is 138 Å². The maximum atomic E-state index is 12.5. The van der Waals surface area contributed by atoms with Crippen LogP contribution < -0.4 is 15.2 Å². The highest BCUT2D eigenvalue weighted by Gasteiger charge is 2.34. The van der Waals surface area contributed by atoms with Crippen molar-refractivity contribution in [2.24, 2.45) is 0 Å². The minimum absolute atomic E-state index is 0.0128. The standard InChI is InChI=1S/C18H14N2O4/c1-12(21)24-15-9-5-6-13(10-15)11-16-17(22)19-20(18(16)23)14-7-3-2-4-8-14/h2-11H,1H3,(H,19,22)/b16-11-. The van der Waals surface area contributed by atoms with Crippen LogP contribution in [0, 0.1) is 0 Å². The molecule has 1 N–H and O–H groups in total. The second kappa shape index (κ2) is 6.37. The summed E-state index contributed by atoms with van der Waals surface area (Å²) in [5.41, 5.74) is 3.70. The summed E-state index contributed by atoms with van der Waals surface area (Å²) in [6.07, 6.45) is 1.47. The van der Waals surface area contributed by atoms with Crippen LogP contribution in [0.15, 0.2) is 60.2 Å². The number of benzene rings is 2. The molecule has 1 heterocycles. The Balaban J connectivity index is 1.89. The average Bonchev–Trinajstić information content (AvgIpc) is 2.84. The number of carbonyl (C=O) groups is 3. The number of hydrogen-bond donors (Lipinski definition) is 1. The normalized spacial score (nSPS) is 15.5. The second-order valence-corrected chi connectivity index (χ2v) is 5.14. The van der Waals surface area contributed by atoms with Gasteiger partial charge in [-0.3, -0.25) is 19.8 Å². The Morgan fingerprint density at radius 1 is 1.08 bits per heavy atom. The molecule has 0 atom stereocenters. The summed E-state index contributed by atoms with van der Waals surface area (Å²) in [6.45, 7) is 1.30. The zero-order valence-corrected chi connectivity index (χ0v) is 12.9. The first kappa shape index (κ1) is 15.5. The number of hydrazine groups is 1. The van der Waals surface area contributed by atoms with Gasteiger partial charge in [-0.25, -0.2) is 5.01 Å². The molecule has 0 saturated carbocycles. The maximum Gasteiger partial charge on any atom is 0.308 e. The Kier molecular flexibility index (Phi) is 4.11. The number of esters is 1. The largest absolute Gasteiger partial charge is 0.427 e. The Hall–Kier alpha value is -3.41. The lowest BCUT2D eigenvalue weighted by Gasteiger charge is -2.13. The first-order valence-electron chi connectivity index (χ1n) is 7.25. The van der Waals surface area contributed by atoms with Crippen molar-refractivity contribution in [3.63, 3.8) is 0 Å². The van der Waals surface area contributed by atoms with E-state index >= 15 is 0 Å². The molecule has 0 radical (unpaired) electrons. The monoisotopic (exact) mass is 322 g/mol. The van der Waals surface area contributed by atoms with Gasteiger partial charge in [0, 0.05) is 6.92 Å². The van der Waals surface area contributed by atoms with Crippen LogP contribution in [0.3, 0.4) is 0 Å². The van der Waals surface area contributed by atoms with Crippen molar-refractivity contribution in [3.8, 4) is 5.75 Å². The summed E-state index contributed by atoms with van der Waals surface area (Å²) in [7, 11) is 0. The minimum atomic E-state index is -0.484. The molecule has 6 nitrogen and oxygen atoms in total. The molecule has 0 bridgehead atoms. The van der Waals surface area contributed by atoms with Crippen molar-refractivity contribution in [2.45, 2.75) is 6.92 Å². The molecule has 6 heteroatoms. The molecule has 1 aliphatic heterocycles. The van der Waals surface area contributed by atoms with E-state index in [2.05, 4.69) is 5.43 Å². The van der Waals surface area contributed by atoms with E-state index in [0.29, 0.717) is 17.0 Å². The first-order chi connectivity index (χ1) is 11.5. The molecule has 0 unspecified atom stereocenters. The van der Waals surface area contributed by atoms with Crippen molar-refractivity contribution in [3.05, 3.63) is 65.7 Å². The first-order valence-corrected chi connectivity index (χ1v) is 7.25. The number of nitrogens with zero attached hydrogens (tertiary/aromatic N) is 1. The zero-order chi connectivity index (χ0) is 17.1. The Bertz CT molecular complexity index is 843. The van der Waals surface area contributed by atoms with Gasteiger partial charge in [0.1, 0.15) is 11.3 Å². The molecule has 0 aromatic heterocycles. The van der Waals surface area contributed by atoms with Gasteiger partial charge in [0.2, 0.25) is 0 Å². The molecule has 2 aromatic carbocycles. The van der Waals surface area contributed by atoms with E-state index in [9.17, 15) is 14.4 Å². The van der Waals surface area contributed by atoms with E-state index in [1.165, 1.54) is 18.0 Å². The van der Waals surface area contributed by atoms with Crippen LogP contribution in [-0.4, -0.2) is 17.8 Å². The van der Waals surface area contributed by atoms with Gasteiger partial charge in [-0.05, 0) is 35.9 Å². The van der Waals surface area contributed by atoms with Crippen LogP contribution in [0.2, 0.25) is 0 Å². The van der Waals surface area contributed by atoms with Gasteiger partial charge in [-0.2, -0.15) is 0 Å². The summed E-state index contributed by atoms with van der Waals surface area (Å²) in [6, 6.07) is 15.4. The van der Waals surface area contributed by atoms with E-state index in [0.717, 1.165) is 0 Å². The number of carbonyl (C=O) groups excluding carboxylic acids is 3. The lowest BCUT2D eigenvalue weighted by molar-refractivity contribution is -0.132. The molecule has 0 spiro atoms. The molecule has 2 amide bonds. The highest BCUT2D eigenvalue weighted by molar-refractivity contribution is 6.31. The molecule has 1 fully saturated rings. The van der Waals surface area contributed by atoms with Gasteiger partial charge in [0.05, 0.1) is 5.69 Å². The zero-order valence-electron chi connectivity index (χ0n) is 12.9. The number of hydrogen-bond acceptors (Lipinski definition) is 4. The van der Waals surface area contributed by atoms with Crippen molar-refractivity contribution < 1.29 is 19.1 Å². The molecule has 24 heavy (non-hydrogen) atoms. The fourth-order valence-corrected chi connectivity index (χ4v) is 2.32. The van der Waals surface area contributed by atoms with Crippen molar-refractivity contribution in [1.29, 1.82) is 0 Å². The second-order valence-electron chi connectivity index (χ2n) is 5.14. The van der Waals surface area contributed by atoms with E-state index < -0.39 is 17.8 Å². The third-order valence-electron chi connectivity index (χ3n) is 3.34. The molecule has 2 aromatic rings. The molecule has 3 rings (SSSR count). The van der Waals surface area contributed by atoms with Crippen LogP contribution in [0.4, 0.5) is 5.69 Å². The molecule has 120 valence electrons. The predicted molar refractivity (Wildman–Crippen MR) is 87.8 cm³/mol. The third kappa shape index (κ3) is 3.17. The van der Waals surface area contributed by atoms with Gasteiger partial charge in [-0.1, -0.05) is 30.3 Å². The number of amides is 2. The summed E-state index contributed by atoms with van der Waals surface area (Å²) in [5, 5.41) is 1.20. The van der Waals surface area contributed by atoms with Crippen LogP contribution in [0.25, 0.3) is 6.08 Å². The summed E-state index contributed by atoms with van der Waals surface area (Å²) < 4.78 is 5.00. The lowest BCUT2D eigenvalue weighted by Crippen LogP contribution is -2.35. The molecular weight excluding hydrogens is 308 g/mol. The Morgan fingerprint density at radius 3 is 2.54 bits per heavy atom. The minimum Gasteiger partial charge on any atom is -0.427 e. The van der Waals surface area contributed by atoms with Gasteiger partial charge >= 0.3 is 5.97 Å². The number of nitrogens with one attached hydrogen (secondary N) is 1. The van der Waals surface area contributed by atoms with Gasteiger partial charge in [-0.15, -0.1) is 0 Å². The lowest BCUT2D eigenvalue weighted by atomic mass is 10.1. The predicted octanol–water partition coefficient (Wildman–Crippen LogP) is 2.07. The van der Waals surface area contributed by atoms with E-state index in [1.807, 2.05) is 6.07 Å². The van der Waals surface area contributed by atoms with E-state index in [4.69, 9.17) is 4.74 Å². The maximum absolute atomic E-state index is 12.5. The number of rotatable bonds is 3. The fourth-order valence-electron chi connectivity index (χ4n) is 2.32. The highest BCUT2D eigenvalue weighted by atomic mass is 16.5. The Morgan fingerprint density at radius 2 is 1.83 bits per heavy atom. The quantitative estimate of drug-likeness (QED) is 0.406. The SMILES string of the molecule is CC(=O)Oc1cccc(/C=C2/C(=O)NN(c3ccccc3)C2=O)c1. The van der Waals surface area contributed by atoms with Crippen LogP contribution in [0.5, 0.6) is 5.75 Å². The number of ether oxygens (including phenoxy) is 1. The smallest absolute Gasteiger partial charge is 0.308 e. The highest BCUT2D eigenvalue weighted by Crippen LogP contribution is 2.22. The fraction of sp³-hybridized carbons (Fsp3) is 0.0556. The van der Waals surface area contributed by atoms with Gasteiger partial charge in [0.25, 0.3) is 11.8 Å². The van der Waals surface area contributed by atoms with Crippen molar-refractivity contribution >= 4 is 29.5 Å². The summed E-state index contributed by atoms with van der Waals surface area (Å²) in [4.78, 5) is 35.6. The molecular formula is C18H14N2O4.